The van der Waals surface area contributed by atoms with Crippen LogP contribution in [0.3, 0.4) is 0 Å². The highest BCUT2D eigenvalue weighted by Crippen LogP contribution is 2.42. The van der Waals surface area contributed by atoms with Crippen molar-refractivity contribution in [2.75, 3.05) is 4.90 Å². The maximum absolute atomic E-state index is 6.17. The highest BCUT2D eigenvalue weighted by Gasteiger charge is 2.20. The molecule has 0 unspecified atom stereocenters. The summed E-state index contributed by atoms with van der Waals surface area (Å²) in [6.45, 7) is 0. The van der Waals surface area contributed by atoms with Gasteiger partial charge in [-0.3, -0.25) is 0 Å². The van der Waals surface area contributed by atoms with Gasteiger partial charge in [-0.25, -0.2) is 4.98 Å². The standard InChI is InChI=1S/C41H28N2O/c1-3-9-29(10-4-1)31-15-17-32(18-16-31)34-21-25-36(26-22-34)43(35-23-19-33(20-24-35)30-11-5-2-6-12-30)38-27-28-42-41-40(38)37-13-7-8-14-39(37)44-41/h1-28H. The van der Waals surface area contributed by atoms with Gasteiger partial charge in [0.15, 0.2) is 0 Å². The molecule has 0 spiro atoms. The number of nitrogens with zero attached hydrogens (tertiary/aromatic N) is 2. The van der Waals surface area contributed by atoms with Gasteiger partial charge in [-0.1, -0.05) is 127 Å². The van der Waals surface area contributed by atoms with E-state index in [-0.39, 0.29) is 0 Å². The van der Waals surface area contributed by atoms with Crippen LogP contribution in [0.4, 0.5) is 17.1 Å². The predicted octanol–water partition coefficient (Wildman–Crippen LogP) is 11.5. The number of hydrogen-bond donors (Lipinski definition) is 0. The molecule has 0 N–H and O–H groups in total. The molecule has 44 heavy (non-hydrogen) atoms. The Hall–Kier alpha value is -5.93. The van der Waals surface area contributed by atoms with Gasteiger partial charge in [0.25, 0.3) is 0 Å². The number of anilines is 3. The van der Waals surface area contributed by atoms with Crippen LogP contribution < -0.4 is 4.90 Å². The lowest BCUT2D eigenvalue weighted by atomic mass is 10.00. The molecule has 3 heteroatoms. The summed E-state index contributed by atoms with van der Waals surface area (Å²) in [5.74, 6) is 0. The van der Waals surface area contributed by atoms with E-state index in [0.717, 1.165) is 33.4 Å². The Labute approximate surface area is 256 Å². The Morgan fingerprint density at radius 3 is 1.36 bits per heavy atom. The molecule has 0 saturated heterocycles. The SMILES string of the molecule is c1ccc(-c2ccc(-c3ccc(N(c4ccc(-c5ccccc5)cc4)c4ccnc5oc6ccccc6c45)cc3)cc2)cc1. The summed E-state index contributed by atoms with van der Waals surface area (Å²) in [4.78, 5) is 6.89. The number of fused-ring (bicyclic) bond motifs is 3. The van der Waals surface area contributed by atoms with Gasteiger partial charge >= 0.3 is 0 Å². The second-order valence-corrected chi connectivity index (χ2v) is 10.8. The van der Waals surface area contributed by atoms with Gasteiger partial charge in [-0.2, -0.15) is 0 Å². The maximum atomic E-state index is 6.17. The number of pyridine rings is 1. The molecule has 0 bridgehead atoms. The van der Waals surface area contributed by atoms with Gasteiger partial charge in [0.1, 0.15) is 5.58 Å². The van der Waals surface area contributed by atoms with Crippen molar-refractivity contribution in [1.29, 1.82) is 0 Å². The molecule has 8 rings (SSSR count). The molecule has 208 valence electrons. The quantitative estimate of drug-likeness (QED) is 0.201. The normalized spacial score (nSPS) is 11.2. The molecule has 6 aromatic carbocycles. The molecule has 0 fully saturated rings. The molecular formula is C41H28N2O. The van der Waals surface area contributed by atoms with Gasteiger partial charge in [-0.15, -0.1) is 0 Å². The molecule has 3 nitrogen and oxygen atoms in total. The lowest BCUT2D eigenvalue weighted by Crippen LogP contribution is -2.10. The van der Waals surface area contributed by atoms with E-state index in [1.165, 1.54) is 33.4 Å². The highest BCUT2D eigenvalue weighted by molar-refractivity contribution is 6.12. The fourth-order valence-corrected chi connectivity index (χ4v) is 5.97. The number of furan rings is 1. The topological polar surface area (TPSA) is 29.3 Å². The predicted molar refractivity (Wildman–Crippen MR) is 183 cm³/mol. The van der Waals surface area contributed by atoms with E-state index in [9.17, 15) is 0 Å². The molecular weight excluding hydrogens is 536 g/mol. The third kappa shape index (κ3) is 4.71. The summed E-state index contributed by atoms with van der Waals surface area (Å²) >= 11 is 0. The Balaban J connectivity index is 1.22. The van der Waals surface area contributed by atoms with Crippen LogP contribution in [-0.2, 0) is 0 Å². The van der Waals surface area contributed by atoms with Crippen molar-refractivity contribution in [2.45, 2.75) is 0 Å². The summed E-state index contributed by atoms with van der Waals surface area (Å²) in [7, 11) is 0. The van der Waals surface area contributed by atoms with Gasteiger partial charge in [0.2, 0.25) is 5.71 Å². The van der Waals surface area contributed by atoms with Gasteiger partial charge < -0.3 is 9.32 Å². The largest absolute Gasteiger partial charge is 0.438 e. The third-order valence-corrected chi connectivity index (χ3v) is 8.18. The molecule has 0 aliphatic carbocycles. The summed E-state index contributed by atoms with van der Waals surface area (Å²) in [5, 5.41) is 2.04. The molecule has 2 aromatic heterocycles. The van der Waals surface area contributed by atoms with E-state index in [1.54, 1.807) is 0 Å². The van der Waals surface area contributed by atoms with Crippen molar-refractivity contribution in [3.63, 3.8) is 0 Å². The monoisotopic (exact) mass is 564 g/mol. The number of rotatable bonds is 6. The average Bonchev–Trinajstić information content (AvgIpc) is 3.49. The molecule has 0 saturated carbocycles. The van der Waals surface area contributed by atoms with Gasteiger partial charge in [0, 0.05) is 23.0 Å². The second kappa shape index (κ2) is 11.0. The van der Waals surface area contributed by atoms with Crippen LogP contribution in [0.2, 0.25) is 0 Å². The van der Waals surface area contributed by atoms with E-state index >= 15 is 0 Å². The molecule has 8 aromatic rings. The van der Waals surface area contributed by atoms with Crippen LogP contribution in [0.5, 0.6) is 0 Å². The Morgan fingerprint density at radius 2 is 0.841 bits per heavy atom. The van der Waals surface area contributed by atoms with E-state index in [1.807, 2.05) is 36.5 Å². The smallest absolute Gasteiger partial charge is 0.229 e. The Kier molecular flexibility index (Phi) is 6.47. The zero-order valence-electron chi connectivity index (χ0n) is 24.0. The van der Waals surface area contributed by atoms with Crippen molar-refractivity contribution < 1.29 is 4.42 Å². The maximum Gasteiger partial charge on any atom is 0.229 e. The van der Waals surface area contributed by atoms with Crippen molar-refractivity contribution in [1.82, 2.24) is 4.98 Å². The number of aromatic nitrogens is 1. The first kappa shape index (κ1) is 25.8. The van der Waals surface area contributed by atoms with Crippen LogP contribution in [0.15, 0.2) is 174 Å². The summed E-state index contributed by atoms with van der Waals surface area (Å²) in [6, 6.07) is 57.5. The van der Waals surface area contributed by atoms with Crippen molar-refractivity contribution in [3.05, 3.63) is 170 Å². The van der Waals surface area contributed by atoms with Crippen LogP contribution in [0, 0.1) is 0 Å². The highest BCUT2D eigenvalue weighted by atomic mass is 16.3. The van der Waals surface area contributed by atoms with E-state index in [2.05, 4.69) is 143 Å². The minimum Gasteiger partial charge on any atom is -0.438 e. The molecule has 0 atom stereocenters. The number of para-hydroxylation sites is 1. The summed E-state index contributed by atoms with van der Waals surface area (Å²) < 4.78 is 6.17. The first-order valence-corrected chi connectivity index (χ1v) is 14.8. The van der Waals surface area contributed by atoms with Crippen molar-refractivity contribution in [3.8, 4) is 33.4 Å². The van der Waals surface area contributed by atoms with Crippen LogP contribution >= 0.6 is 0 Å². The van der Waals surface area contributed by atoms with Gasteiger partial charge in [-0.05, 0) is 69.8 Å². The molecule has 0 aliphatic heterocycles. The third-order valence-electron chi connectivity index (χ3n) is 8.18. The molecule has 2 heterocycles. The van der Waals surface area contributed by atoms with Gasteiger partial charge in [0.05, 0.1) is 11.1 Å². The van der Waals surface area contributed by atoms with E-state index in [4.69, 9.17) is 4.42 Å². The fourth-order valence-electron chi connectivity index (χ4n) is 5.97. The molecule has 0 amide bonds. The van der Waals surface area contributed by atoms with Crippen LogP contribution in [-0.4, -0.2) is 4.98 Å². The minimum atomic E-state index is 0.629. The Morgan fingerprint density at radius 1 is 0.409 bits per heavy atom. The molecule has 0 radical (unpaired) electrons. The van der Waals surface area contributed by atoms with Crippen molar-refractivity contribution >= 4 is 39.1 Å². The van der Waals surface area contributed by atoms with Crippen LogP contribution in [0.25, 0.3) is 55.4 Å². The Bertz CT molecular complexity index is 2180. The van der Waals surface area contributed by atoms with Crippen molar-refractivity contribution in [2.24, 2.45) is 0 Å². The molecule has 0 aliphatic rings. The number of benzene rings is 6. The number of hydrogen-bond acceptors (Lipinski definition) is 3. The zero-order chi connectivity index (χ0) is 29.3. The van der Waals surface area contributed by atoms with E-state index in [0.29, 0.717) is 5.71 Å². The fraction of sp³-hybridized carbons (Fsp3) is 0. The average molecular weight is 565 g/mol. The first-order valence-electron chi connectivity index (χ1n) is 14.8. The second-order valence-electron chi connectivity index (χ2n) is 10.8. The lowest BCUT2D eigenvalue weighted by Gasteiger charge is -2.26. The van der Waals surface area contributed by atoms with E-state index < -0.39 is 0 Å². The summed E-state index contributed by atoms with van der Waals surface area (Å²) in [6.07, 6.45) is 1.83. The first-order chi connectivity index (χ1) is 21.8. The zero-order valence-corrected chi connectivity index (χ0v) is 24.0. The minimum absolute atomic E-state index is 0.629. The lowest BCUT2D eigenvalue weighted by molar-refractivity contribution is 0.654. The van der Waals surface area contributed by atoms with Crippen LogP contribution in [0.1, 0.15) is 0 Å². The summed E-state index contributed by atoms with van der Waals surface area (Å²) in [5.41, 5.74) is 11.8.